The fourth-order valence-electron chi connectivity index (χ4n) is 1.62. The lowest BCUT2D eigenvalue weighted by Gasteiger charge is -2.24. The highest BCUT2D eigenvalue weighted by Crippen LogP contribution is 2.10. The van der Waals surface area contributed by atoms with Crippen LogP contribution in [-0.4, -0.2) is 28.9 Å². The van der Waals surface area contributed by atoms with Crippen molar-refractivity contribution in [1.82, 2.24) is 9.88 Å². The maximum Gasteiger partial charge on any atom is 0.255 e. The Morgan fingerprint density at radius 3 is 2.76 bits per heavy atom. The number of hydrazine groups is 1. The Morgan fingerprint density at radius 1 is 1.59 bits per heavy atom. The minimum atomic E-state index is -0.0120. The smallest absolute Gasteiger partial charge is 0.255 e. The molecule has 1 heterocycles. The molecule has 0 aromatic carbocycles. The lowest BCUT2D eigenvalue weighted by Crippen LogP contribution is -2.35. The standard InChI is InChI=1S/C12H20N4O/c1-4-5-9(2)16(3)12(17)10-6-7-11(15-13)14-8-10/h6-9H,4-5,13H2,1-3H3,(H,14,15). The van der Waals surface area contributed by atoms with Crippen LogP contribution in [0.15, 0.2) is 18.3 Å². The van der Waals surface area contributed by atoms with E-state index in [0.29, 0.717) is 11.4 Å². The third-order valence-corrected chi connectivity index (χ3v) is 2.85. The first-order valence-corrected chi connectivity index (χ1v) is 5.80. The number of carbonyl (C=O) groups excluding carboxylic acids is 1. The predicted molar refractivity (Wildman–Crippen MR) is 68.5 cm³/mol. The molecule has 1 aromatic heterocycles. The van der Waals surface area contributed by atoms with Gasteiger partial charge in [-0.15, -0.1) is 0 Å². The monoisotopic (exact) mass is 236 g/mol. The van der Waals surface area contributed by atoms with Crippen molar-refractivity contribution in [2.75, 3.05) is 12.5 Å². The minimum Gasteiger partial charge on any atom is -0.339 e. The molecule has 1 unspecified atom stereocenters. The lowest BCUT2D eigenvalue weighted by atomic mass is 10.1. The highest BCUT2D eigenvalue weighted by molar-refractivity contribution is 5.94. The number of nitrogens with one attached hydrogen (secondary N) is 1. The molecule has 0 spiro atoms. The van der Waals surface area contributed by atoms with Crippen molar-refractivity contribution in [2.45, 2.75) is 32.7 Å². The largest absolute Gasteiger partial charge is 0.339 e. The second-order valence-electron chi connectivity index (χ2n) is 4.13. The van der Waals surface area contributed by atoms with Crippen molar-refractivity contribution < 1.29 is 4.79 Å². The molecule has 3 N–H and O–H groups in total. The van der Waals surface area contributed by atoms with Crippen LogP contribution in [0.25, 0.3) is 0 Å². The van der Waals surface area contributed by atoms with Crippen LogP contribution in [0.5, 0.6) is 0 Å². The number of hydrogen-bond donors (Lipinski definition) is 2. The number of amides is 1. The van der Waals surface area contributed by atoms with E-state index in [0.717, 1.165) is 12.8 Å². The summed E-state index contributed by atoms with van der Waals surface area (Å²) in [5.41, 5.74) is 3.01. The number of aromatic nitrogens is 1. The number of anilines is 1. The Hall–Kier alpha value is -1.62. The molecule has 0 fully saturated rings. The van der Waals surface area contributed by atoms with Gasteiger partial charge < -0.3 is 10.3 Å². The fraction of sp³-hybridized carbons (Fsp3) is 0.500. The van der Waals surface area contributed by atoms with Crippen molar-refractivity contribution in [3.05, 3.63) is 23.9 Å². The van der Waals surface area contributed by atoms with Gasteiger partial charge in [-0.25, -0.2) is 10.8 Å². The van der Waals surface area contributed by atoms with Gasteiger partial charge in [-0.2, -0.15) is 0 Å². The molecule has 0 radical (unpaired) electrons. The summed E-state index contributed by atoms with van der Waals surface area (Å²) in [4.78, 5) is 17.9. The van der Waals surface area contributed by atoms with Crippen LogP contribution in [0.4, 0.5) is 5.82 Å². The van der Waals surface area contributed by atoms with Crippen LogP contribution in [0.1, 0.15) is 37.0 Å². The Balaban J connectivity index is 2.74. The van der Waals surface area contributed by atoms with Gasteiger partial charge in [-0.3, -0.25) is 4.79 Å². The quantitative estimate of drug-likeness (QED) is 0.602. The zero-order chi connectivity index (χ0) is 12.8. The van der Waals surface area contributed by atoms with E-state index in [2.05, 4.69) is 17.3 Å². The Kier molecular flexibility index (Phi) is 4.90. The van der Waals surface area contributed by atoms with Gasteiger partial charge in [-0.05, 0) is 25.5 Å². The Bertz CT molecular complexity index is 363. The maximum absolute atomic E-state index is 12.1. The molecule has 0 aliphatic carbocycles. The van der Waals surface area contributed by atoms with Gasteiger partial charge in [0.25, 0.3) is 5.91 Å². The lowest BCUT2D eigenvalue weighted by molar-refractivity contribution is 0.0736. The third kappa shape index (κ3) is 3.42. The molecule has 1 atom stereocenters. The summed E-state index contributed by atoms with van der Waals surface area (Å²) >= 11 is 0. The summed E-state index contributed by atoms with van der Waals surface area (Å²) in [5, 5.41) is 0. The van der Waals surface area contributed by atoms with E-state index >= 15 is 0 Å². The summed E-state index contributed by atoms with van der Waals surface area (Å²) in [7, 11) is 1.82. The number of nitrogen functional groups attached to an aromatic ring is 1. The van der Waals surface area contributed by atoms with E-state index in [1.54, 1.807) is 17.0 Å². The maximum atomic E-state index is 12.1. The van der Waals surface area contributed by atoms with Crippen LogP contribution in [-0.2, 0) is 0 Å². The van der Waals surface area contributed by atoms with Crippen LogP contribution in [0.3, 0.4) is 0 Å². The van der Waals surface area contributed by atoms with E-state index in [4.69, 9.17) is 5.84 Å². The van der Waals surface area contributed by atoms with Gasteiger partial charge in [-0.1, -0.05) is 13.3 Å². The zero-order valence-corrected chi connectivity index (χ0v) is 10.6. The fourth-order valence-corrected chi connectivity index (χ4v) is 1.62. The first-order chi connectivity index (χ1) is 8.10. The number of nitrogens with zero attached hydrogens (tertiary/aromatic N) is 2. The van der Waals surface area contributed by atoms with Crippen molar-refractivity contribution >= 4 is 11.7 Å². The molecule has 17 heavy (non-hydrogen) atoms. The summed E-state index contributed by atoms with van der Waals surface area (Å²) in [6, 6.07) is 3.64. The van der Waals surface area contributed by atoms with Crippen LogP contribution in [0.2, 0.25) is 0 Å². The zero-order valence-electron chi connectivity index (χ0n) is 10.6. The average molecular weight is 236 g/mol. The molecule has 0 saturated carbocycles. The number of rotatable bonds is 5. The first kappa shape index (κ1) is 13.4. The van der Waals surface area contributed by atoms with Crippen LogP contribution in [0, 0.1) is 0 Å². The molecular weight excluding hydrogens is 216 g/mol. The second kappa shape index (κ2) is 6.20. The van der Waals surface area contributed by atoms with Gasteiger partial charge in [0, 0.05) is 19.3 Å². The van der Waals surface area contributed by atoms with Gasteiger partial charge in [0.1, 0.15) is 5.82 Å². The predicted octanol–water partition coefficient (Wildman–Crippen LogP) is 1.63. The van der Waals surface area contributed by atoms with E-state index in [9.17, 15) is 4.79 Å². The van der Waals surface area contributed by atoms with Gasteiger partial charge in [0.2, 0.25) is 0 Å². The molecule has 0 saturated heterocycles. The van der Waals surface area contributed by atoms with E-state index < -0.39 is 0 Å². The van der Waals surface area contributed by atoms with Crippen LogP contribution < -0.4 is 11.3 Å². The van der Waals surface area contributed by atoms with Gasteiger partial charge in [0.15, 0.2) is 0 Å². The summed E-state index contributed by atoms with van der Waals surface area (Å²) in [5.74, 6) is 5.75. The van der Waals surface area contributed by atoms with Crippen molar-refractivity contribution in [2.24, 2.45) is 5.84 Å². The topological polar surface area (TPSA) is 71.2 Å². The number of pyridine rings is 1. The van der Waals surface area contributed by atoms with Crippen LogP contribution >= 0.6 is 0 Å². The molecule has 94 valence electrons. The highest BCUT2D eigenvalue weighted by atomic mass is 16.2. The number of hydrogen-bond acceptors (Lipinski definition) is 4. The third-order valence-electron chi connectivity index (χ3n) is 2.85. The number of carbonyl (C=O) groups is 1. The van der Waals surface area contributed by atoms with E-state index in [1.165, 1.54) is 6.20 Å². The van der Waals surface area contributed by atoms with Gasteiger partial charge in [0.05, 0.1) is 5.56 Å². The van der Waals surface area contributed by atoms with E-state index in [1.807, 2.05) is 14.0 Å². The normalized spacial score (nSPS) is 12.0. The molecule has 1 aromatic rings. The molecular formula is C12H20N4O. The molecule has 0 bridgehead atoms. The summed E-state index contributed by atoms with van der Waals surface area (Å²) < 4.78 is 0. The Morgan fingerprint density at radius 2 is 2.29 bits per heavy atom. The summed E-state index contributed by atoms with van der Waals surface area (Å²) in [6.45, 7) is 4.16. The second-order valence-corrected chi connectivity index (χ2v) is 4.13. The highest BCUT2D eigenvalue weighted by Gasteiger charge is 2.16. The average Bonchev–Trinajstić information content (AvgIpc) is 2.37. The molecule has 5 nitrogen and oxygen atoms in total. The van der Waals surface area contributed by atoms with Crippen molar-refractivity contribution in [3.8, 4) is 0 Å². The molecule has 0 aliphatic rings. The van der Waals surface area contributed by atoms with Crippen molar-refractivity contribution in [1.29, 1.82) is 0 Å². The molecule has 0 aliphatic heterocycles. The molecule has 5 heteroatoms. The first-order valence-electron chi connectivity index (χ1n) is 5.80. The number of nitrogens with two attached hydrogens (primary N) is 1. The van der Waals surface area contributed by atoms with Crippen molar-refractivity contribution in [3.63, 3.8) is 0 Å². The molecule has 1 rings (SSSR count). The molecule has 1 amide bonds. The van der Waals surface area contributed by atoms with E-state index in [-0.39, 0.29) is 11.9 Å². The SMILES string of the molecule is CCCC(C)N(C)C(=O)c1ccc(NN)nc1. The van der Waals surface area contributed by atoms with Gasteiger partial charge >= 0.3 is 0 Å². The summed E-state index contributed by atoms with van der Waals surface area (Å²) in [6.07, 6.45) is 3.60. The Labute approximate surface area is 102 Å². The minimum absolute atomic E-state index is 0.0120.